The first-order valence-electron chi connectivity index (χ1n) is 10.7. The predicted octanol–water partition coefficient (Wildman–Crippen LogP) is 4.22. The maximum Gasteiger partial charge on any atom is 0.255 e. The van der Waals surface area contributed by atoms with E-state index < -0.39 is 6.04 Å². The van der Waals surface area contributed by atoms with Crippen LogP contribution >= 0.6 is 0 Å². The molecular formula is C26H26N2O5. The molecule has 1 fully saturated rings. The van der Waals surface area contributed by atoms with Gasteiger partial charge in [-0.05, 0) is 48.9 Å². The van der Waals surface area contributed by atoms with Gasteiger partial charge in [0, 0.05) is 11.8 Å². The normalized spacial score (nSPS) is 16.0. The zero-order chi connectivity index (χ0) is 23.4. The number of methoxy groups -OCH3 is 2. The minimum atomic E-state index is -0.822. The van der Waals surface area contributed by atoms with Gasteiger partial charge >= 0.3 is 0 Å². The number of nitrogens with zero attached hydrogens (tertiary/aromatic N) is 2. The Morgan fingerprint density at radius 3 is 2.21 bits per heavy atom. The predicted molar refractivity (Wildman–Crippen MR) is 126 cm³/mol. The molecule has 1 aliphatic rings. The molecule has 0 bridgehead atoms. The fourth-order valence-electron chi connectivity index (χ4n) is 3.99. The van der Waals surface area contributed by atoms with E-state index in [9.17, 15) is 9.59 Å². The number of hydrogen-bond donors (Lipinski definition) is 0. The number of ether oxygens (including phenoxy) is 3. The van der Waals surface area contributed by atoms with Crippen molar-refractivity contribution in [1.29, 1.82) is 0 Å². The molecule has 0 N–H and O–H groups in total. The third-order valence-electron chi connectivity index (χ3n) is 5.54. The number of benzene rings is 3. The summed E-state index contributed by atoms with van der Waals surface area (Å²) in [7, 11) is 3.08. The minimum absolute atomic E-state index is 0.113. The number of hydrogen-bond acceptors (Lipinski definition) is 5. The molecule has 1 saturated heterocycles. The summed E-state index contributed by atoms with van der Waals surface area (Å²) in [6.07, 6.45) is 0. The van der Waals surface area contributed by atoms with E-state index in [1.54, 1.807) is 54.5 Å². The maximum absolute atomic E-state index is 13.9. The lowest BCUT2D eigenvalue weighted by Crippen LogP contribution is -2.56. The Balaban J connectivity index is 1.77. The first-order chi connectivity index (χ1) is 16.1. The Bertz CT molecular complexity index is 1130. The molecule has 0 saturated carbocycles. The standard InChI is InChI=1S/C26H26N2O5/c1-4-33-20-12-10-19(11-13-20)28-24(29)17-27(22-15-14-21(31-2)16-23(22)32-3)26(30)25(28)18-8-6-5-7-9-18/h5-16,25H,4,17H2,1-3H3/t25-/m0/s1. The lowest BCUT2D eigenvalue weighted by molar-refractivity contribution is -0.128. The molecule has 3 aromatic carbocycles. The number of anilines is 2. The van der Waals surface area contributed by atoms with Gasteiger partial charge in [-0.15, -0.1) is 0 Å². The van der Waals surface area contributed by atoms with Crippen LogP contribution in [0.25, 0.3) is 0 Å². The van der Waals surface area contributed by atoms with Gasteiger partial charge in [0.2, 0.25) is 5.91 Å². The van der Waals surface area contributed by atoms with Gasteiger partial charge in [-0.2, -0.15) is 0 Å². The van der Waals surface area contributed by atoms with Crippen molar-refractivity contribution in [2.24, 2.45) is 0 Å². The molecule has 0 unspecified atom stereocenters. The molecule has 33 heavy (non-hydrogen) atoms. The number of piperazine rings is 1. The van der Waals surface area contributed by atoms with E-state index in [2.05, 4.69) is 0 Å². The van der Waals surface area contributed by atoms with E-state index in [-0.39, 0.29) is 18.4 Å². The highest BCUT2D eigenvalue weighted by atomic mass is 16.5. The van der Waals surface area contributed by atoms with Crippen molar-refractivity contribution >= 4 is 23.2 Å². The molecule has 1 aliphatic heterocycles. The van der Waals surface area contributed by atoms with E-state index >= 15 is 0 Å². The average molecular weight is 447 g/mol. The van der Waals surface area contributed by atoms with E-state index in [1.165, 1.54) is 12.0 Å². The van der Waals surface area contributed by atoms with Crippen molar-refractivity contribution in [3.05, 3.63) is 78.4 Å². The Kier molecular flexibility index (Phi) is 6.49. The molecular weight excluding hydrogens is 420 g/mol. The highest BCUT2D eigenvalue weighted by molar-refractivity contribution is 6.15. The van der Waals surface area contributed by atoms with Crippen LogP contribution in [-0.2, 0) is 9.59 Å². The zero-order valence-electron chi connectivity index (χ0n) is 18.9. The van der Waals surface area contributed by atoms with Crippen molar-refractivity contribution in [2.75, 3.05) is 37.2 Å². The second kappa shape index (κ2) is 9.65. The van der Waals surface area contributed by atoms with Crippen molar-refractivity contribution in [1.82, 2.24) is 0 Å². The third kappa shape index (κ3) is 4.35. The van der Waals surface area contributed by atoms with Crippen LogP contribution in [0.4, 0.5) is 11.4 Å². The van der Waals surface area contributed by atoms with Crippen LogP contribution in [0.5, 0.6) is 17.2 Å². The summed E-state index contributed by atoms with van der Waals surface area (Å²) < 4.78 is 16.3. The quantitative estimate of drug-likeness (QED) is 0.544. The highest BCUT2D eigenvalue weighted by Crippen LogP contribution is 2.39. The molecule has 3 aromatic rings. The van der Waals surface area contributed by atoms with Gasteiger partial charge in [0.1, 0.15) is 29.8 Å². The van der Waals surface area contributed by atoms with Gasteiger partial charge in [0.25, 0.3) is 5.91 Å². The van der Waals surface area contributed by atoms with Gasteiger partial charge in [-0.1, -0.05) is 30.3 Å². The monoisotopic (exact) mass is 446 g/mol. The molecule has 170 valence electrons. The molecule has 0 radical (unpaired) electrons. The first-order valence-corrected chi connectivity index (χ1v) is 10.7. The highest BCUT2D eigenvalue weighted by Gasteiger charge is 2.42. The second-order valence-corrected chi connectivity index (χ2v) is 7.47. The van der Waals surface area contributed by atoms with Gasteiger partial charge in [-0.25, -0.2) is 0 Å². The van der Waals surface area contributed by atoms with Crippen molar-refractivity contribution in [3.8, 4) is 17.2 Å². The molecule has 0 aromatic heterocycles. The SMILES string of the molecule is CCOc1ccc(N2C(=O)CN(c3ccc(OC)cc3OC)C(=O)[C@@H]2c2ccccc2)cc1. The minimum Gasteiger partial charge on any atom is -0.497 e. The van der Waals surface area contributed by atoms with Crippen molar-refractivity contribution < 1.29 is 23.8 Å². The largest absolute Gasteiger partial charge is 0.497 e. The smallest absolute Gasteiger partial charge is 0.255 e. The Morgan fingerprint density at radius 1 is 0.879 bits per heavy atom. The zero-order valence-corrected chi connectivity index (χ0v) is 18.9. The molecule has 1 heterocycles. The van der Waals surface area contributed by atoms with Gasteiger partial charge in [0.15, 0.2) is 0 Å². The topological polar surface area (TPSA) is 68.3 Å². The van der Waals surface area contributed by atoms with E-state index in [1.807, 2.05) is 37.3 Å². The number of amides is 2. The van der Waals surface area contributed by atoms with E-state index in [4.69, 9.17) is 14.2 Å². The van der Waals surface area contributed by atoms with Crippen molar-refractivity contribution in [2.45, 2.75) is 13.0 Å². The fraction of sp³-hybridized carbons (Fsp3) is 0.231. The number of carbonyl (C=O) groups excluding carboxylic acids is 2. The van der Waals surface area contributed by atoms with Crippen LogP contribution < -0.4 is 24.0 Å². The molecule has 7 nitrogen and oxygen atoms in total. The van der Waals surface area contributed by atoms with Crippen LogP contribution in [0.15, 0.2) is 72.8 Å². The summed E-state index contributed by atoms with van der Waals surface area (Å²) in [6, 6.07) is 20.9. The molecule has 0 aliphatic carbocycles. The Morgan fingerprint density at radius 2 is 1.58 bits per heavy atom. The first kappa shape index (κ1) is 22.2. The number of rotatable bonds is 7. The third-order valence-corrected chi connectivity index (χ3v) is 5.54. The fourth-order valence-corrected chi connectivity index (χ4v) is 3.99. The van der Waals surface area contributed by atoms with Crippen LogP contribution in [0.2, 0.25) is 0 Å². The second-order valence-electron chi connectivity index (χ2n) is 7.47. The van der Waals surface area contributed by atoms with Gasteiger partial charge in [-0.3, -0.25) is 19.4 Å². The van der Waals surface area contributed by atoms with Crippen LogP contribution in [0, 0.1) is 0 Å². The number of carbonyl (C=O) groups is 2. The molecule has 1 atom stereocenters. The lowest BCUT2D eigenvalue weighted by Gasteiger charge is -2.40. The van der Waals surface area contributed by atoms with E-state index in [0.29, 0.717) is 35.2 Å². The maximum atomic E-state index is 13.9. The summed E-state index contributed by atoms with van der Waals surface area (Å²) >= 11 is 0. The summed E-state index contributed by atoms with van der Waals surface area (Å²) in [5.74, 6) is 1.33. The molecule has 4 rings (SSSR count). The molecule has 7 heteroatoms. The summed E-state index contributed by atoms with van der Waals surface area (Å²) in [6.45, 7) is 2.35. The Labute approximate surface area is 193 Å². The lowest BCUT2D eigenvalue weighted by atomic mass is 9.99. The molecule has 2 amide bonds. The average Bonchev–Trinajstić information content (AvgIpc) is 2.86. The van der Waals surface area contributed by atoms with Crippen LogP contribution in [0.1, 0.15) is 18.5 Å². The summed E-state index contributed by atoms with van der Waals surface area (Å²) in [4.78, 5) is 30.4. The Hall–Kier alpha value is -4.00. The summed E-state index contributed by atoms with van der Waals surface area (Å²) in [5.41, 5.74) is 1.87. The summed E-state index contributed by atoms with van der Waals surface area (Å²) in [5, 5.41) is 0. The van der Waals surface area contributed by atoms with E-state index in [0.717, 1.165) is 5.56 Å². The van der Waals surface area contributed by atoms with Gasteiger partial charge in [0.05, 0.1) is 26.5 Å². The van der Waals surface area contributed by atoms with Crippen LogP contribution in [-0.4, -0.2) is 39.2 Å². The molecule has 0 spiro atoms. The van der Waals surface area contributed by atoms with Gasteiger partial charge < -0.3 is 14.2 Å². The van der Waals surface area contributed by atoms with Crippen LogP contribution in [0.3, 0.4) is 0 Å². The van der Waals surface area contributed by atoms with Crippen molar-refractivity contribution in [3.63, 3.8) is 0 Å².